The first-order valence-corrected chi connectivity index (χ1v) is 8.15. The van der Waals surface area contributed by atoms with Crippen molar-refractivity contribution in [2.45, 2.75) is 19.1 Å². The molecule has 0 radical (unpaired) electrons. The monoisotopic (exact) mass is 330 g/mol. The normalized spacial score (nSPS) is 21.8. The molecule has 2 N–H and O–H groups in total. The summed E-state index contributed by atoms with van der Waals surface area (Å²) in [7, 11) is 1.94. The highest BCUT2D eigenvalue weighted by molar-refractivity contribution is 5.80. The molecule has 128 valence electrons. The number of aliphatic hydroxyl groups is 1. The van der Waals surface area contributed by atoms with Crippen LogP contribution in [0.25, 0.3) is 10.8 Å². The lowest BCUT2D eigenvalue weighted by Gasteiger charge is -2.32. The zero-order valence-corrected chi connectivity index (χ0v) is 13.7. The lowest BCUT2D eigenvalue weighted by atomic mass is 9.94. The molecule has 3 rings (SSSR count). The van der Waals surface area contributed by atoms with Crippen LogP contribution in [0.5, 0.6) is 0 Å². The number of nitrogens with one attached hydrogen (secondary N) is 1. The molecule has 2 atom stereocenters. The van der Waals surface area contributed by atoms with Crippen LogP contribution in [0.1, 0.15) is 6.42 Å². The number of amides is 1. The molecule has 1 aliphatic rings. The van der Waals surface area contributed by atoms with E-state index in [1.165, 1.54) is 4.68 Å². The topological polar surface area (TPSA) is 87.5 Å². The number of piperidine rings is 1. The Morgan fingerprint density at radius 2 is 2.21 bits per heavy atom. The summed E-state index contributed by atoms with van der Waals surface area (Å²) in [5.74, 6) is -0.604. The first-order chi connectivity index (χ1) is 11.6. The summed E-state index contributed by atoms with van der Waals surface area (Å²) in [5.41, 5.74) is -0.167. The van der Waals surface area contributed by atoms with Gasteiger partial charge in [-0.15, -0.1) is 0 Å². The van der Waals surface area contributed by atoms with Gasteiger partial charge in [-0.25, -0.2) is 4.68 Å². The summed E-state index contributed by atoms with van der Waals surface area (Å²) < 4.78 is 1.35. The Hall–Kier alpha value is -2.25. The third-order valence-electron chi connectivity index (χ3n) is 4.50. The van der Waals surface area contributed by atoms with Crippen molar-refractivity contribution in [3.8, 4) is 0 Å². The minimum atomic E-state index is -0.609. The van der Waals surface area contributed by atoms with Crippen LogP contribution in [0.2, 0.25) is 0 Å². The number of aromatic nitrogens is 2. The molecule has 24 heavy (non-hydrogen) atoms. The number of aliphatic hydroxyl groups excluding tert-OH is 1. The second kappa shape index (κ2) is 7.11. The van der Waals surface area contributed by atoms with Gasteiger partial charge >= 0.3 is 0 Å². The molecule has 1 aromatic carbocycles. The molecular formula is C17H22N4O3. The van der Waals surface area contributed by atoms with E-state index in [0.29, 0.717) is 31.4 Å². The van der Waals surface area contributed by atoms with Crippen molar-refractivity contribution in [2.75, 3.05) is 26.7 Å². The quantitative estimate of drug-likeness (QED) is 0.812. The lowest BCUT2D eigenvalue weighted by Crippen LogP contribution is -2.49. The lowest BCUT2D eigenvalue weighted by molar-refractivity contribution is -0.131. The van der Waals surface area contributed by atoms with Crippen LogP contribution in [-0.4, -0.2) is 58.5 Å². The van der Waals surface area contributed by atoms with Crippen LogP contribution < -0.4 is 10.9 Å². The number of likely N-dealkylation sites (tertiary alicyclic amines) is 1. The van der Waals surface area contributed by atoms with Crippen molar-refractivity contribution in [1.82, 2.24) is 20.0 Å². The average Bonchev–Trinajstić information content (AvgIpc) is 2.59. The van der Waals surface area contributed by atoms with Crippen LogP contribution in [0.4, 0.5) is 0 Å². The van der Waals surface area contributed by atoms with Gasteiger partial charge in [-0.05, 0) is 19.5 Å². The molecule has 0 unspecified atom stereocenters. The van der Waals surface area contributed by atoms with E-state index in [0.717, 1.165) is 11.9 Å². The van der Waals surface area contributed by atoms with E-state index < -0.39 is 12.0 Å². The first kappa shape index (κ1) is 16.6. The van der Waals surface area contributed by atoms with Gasteiger partial charge in [-0.3, -0.25) is 9.59 Å². The zero-order chi connectivity index (χ0) is 17.1. The predicted octanol–water partition coefficient (Wildman–Crippen LogP) is -0.175. The highest BCUT2D eigenvalue weighted by atomic mass is 16.3. The van der Waals surface area contributed by atoms with E-state index >= 15 is 0 Å². The third-order valence-corrected chi connectivity index (χ3v) is 4.50. The molecule has 0 aliphatic carbocycles. The Labute approximate surface area is 139 Å². The second-order valence-corrected chi connectivity index (χ2v) is 6.28. The SMILES string of the molecule is CN1CC[C@@H](O)[C@H](C(=O)NCCn2ncc3ccccc3c2=O)C1. The highest BCUT2D eigenvalue weighted by Gasteiger charge is 2.31. The third kappa shape index (κ3) is 3.47. The van der Waals surface area contributed by atoms with Gasteiger partial charge in [-0.2, -0.15) is 5.10 Å². The van der Waals surface area contributed by atoms with Gasteiger partial charge in [0.25, 0.3) is 5.56 Å². The number of nitrogens with zero attached hydrogens (tertiary/aromatic N) is 3. The predicted molar refractivity (Wildman–Crippen MR) is 90.6 cm³/mol. The fraction of sp³-hybridized carbons (Fsp3) is 0.471. The molecule has 2 heterocycles. The fourth-order valence-corrected chi connectivity index (χ4v) is 3.06. The van der Waals surface area contributed by atoms with E-state index in [1.54, 1.807) is 12.3 Å². The van der Waals surface area contributed by atoms with E-state index in [-0.39, 0.29) is 11.5 Å². The van der Waals surface area contributed by atoms with Crippen molar-refractivity contribution in [2.24, 2.45) is 5.92 Å². The maximum absolute atomic E-state index is 12.3. The standard InChI is InChI=1S/C17H22N4O3/c1-20-8-6-15(22)14(11-20)16(23)18-7-9-21-17(24)13-5-3-2-4-12(13)10-19-21/h2-5,10,14-15,22H,6-9,11H2,1H3,(H,18,23)/t14-,15-/m1/s1. The number of hydrogen-bond acceptors (Lipinski definition) is 5. The number of hydrogen-bond donors (Lipinski definition) is 2. The number of fused-ring (bicyclic) bond motifs is 1. The van der Waals surface area contributed by atoms with Crippen molar-refractivity contribution in [1.29, 1.82) is 0 Å². The number of benzene rings is 1. The molecule has 1 amide bonds. The number of carbonyl (C=O) groups is 1. The van der Waals surface area contributed by atoms with Gasteiger partial charge in [0.2, 0.25) is 5.91 Å². The summed E-state index contributed by atoms with van der Waals surface area (Å²) in [6, 6.07) is 7.29. The molecule has 2 aromatic rings. The van der Waals surface area contributed by atoms with Crippen molar-refractivity contribution < 1.29 is 9.90 Å². The Kier molecular flexibility index (Phi) is 4.92. The van der Waals surface area contributed by atoms with Crippen molar-refractivity contribution in [3.05, 3.63) is 40.8 Å². The summed E-state index contributed by atoms with van der Waals surface area (Å²) in [5, 5.41) is 18.3. The van der Waals surface area contributed by atoms with Crippen LogP contribution in [-0.2, 0) is 11.3 Å². The molecule has 7 heteroatoms. The van der Waals surface area contributed by atoms with Crippen molar-refractivity contribution in [3.63, 3.8) is 0 Å². The maximum Gasteiger partial charge on any atom is 0.274 e. The van der Waals surface area contributed by atoms with E-state index in [9.17, 15) is 14.7 Å². The second-order valence-electron chi connectivity index (χ2n) is 6.28. The summed E-state index contributed by atoms with van der Waals surface area (Å²) in [6.07, 6.45) is 1.64. The van der Waals surface area contributed by atoms with Crippen LogP contribution in [0.15, 0.2) is 35.3 Å². The molecule has 0 saturated carbocycles. The van der Waals surface area contributed by atoms with E-state index in [1.807, 2.05) is 30.1 Å². The molecule has 7 nitrogen and oxygen atoms in total. The van der Waals surface area contributed by atoms with Crippen LogP contribution in [0, 0.1) is 5.92 Å². The number of carbonyl (C=O) groups excluding carboxylic acids is 1. The Balaban J connectivity index is 1.61. The maximum atomic E-state index is 12.3. The van der Waals surface area contributed by atoms with Gasteiger partial charge < -0.3 is 15.3 Å². The van der Waals surface area contributed by atoms with Gasteiger partial charge in [-0.1, -0.05) is 18.2 Å². The smallest absolute Gasteiger partial charge is 0.274 e. The van der Waals surface area contributed by atoms with Crippen LogP contribution >= 0.6 is 0 Å². The van der Waals surface area contributed by atoms with E-state index in [4.69, 9.17) is 0 Å². The molecule has 1 aliphatic heterocycles. The van der Waals surface area contributed by atoms with Crippen molar-refractivity contribution >= 4 is 16.7 Å². The first-order valence-electron chi connectivity index (χ1n) is 8.15. The minimum absolute atomic E-state index is 0.167. The Bertz CT molecular complexity index is 789. The Morgan fingerprint density at radius 1 is 1.42 bits per heavy atom. The molecule has 0 spiro atoms. The molecule has 0 bridgehead atoms. The number of rotatable bonds is 4. The highest BCUT2D eigenvalue weighted by Crippen LogP contribution is 2.16. The molecule has 1 saturated heterocycles. The molecule has 1 aromatic heterocycles. The van der Waals surface area contributed by atoms with Gasteiger partial charge in [0.15, 0.2) is 0 Å². The fourth-order valence-electron chi connectivity index (χ4n) is 3.06. The summed E-state index contributed by atoms with van der Waals surface area (Å²) in [4.78, 5) is 26.6. The zero-order valence-electron chi connectivity index (χ0n) is 13.7. The van der Waals surface area contributed by atoms with E-state index in [2.05, 4.69) is 10.4 Å². The Morgan fingerprint density at radius 3 is 3.04 bits per heavy atom. The summed E-state index contributed by atoms with van der Waals surface area (Å²) >= 11 is 0. The largest absolute Gasteiger partial charge is 0.392 e. The molecule has 1 fully saturated rings. The average molecular weight is 330 g/mol. The van der Waals surface area contributed by atoms with Gasteiger partial charge in [0, 0.05) is 25.0 Å². The van der Waals surface area contributed by atoms with Crippen LogP contribution in [0.3, 0.4) is 0 Å². The summed E-state index contributed by atoms with van der Waals surface area (Å²) in [6.45, 7) is 1.94. The molecular weight excluding hydrogens is 308 g/mol. The minimum Gasteiger partial charge on any atom is -0.392 e. The van der Waals surface area contributed by atoms with Gasteiger partial charge in [0.05, 0.1) is 30.1 Å². The van der Waals surface area contributed by atoms with Gasteiger partial charge in [0.1, 0.15) is 0 Å².